The maximum atomic E-state index is 11.4. The van der Waals surface area contributed by atoms with Gasteiger partial charge in [-0.2, -0.15) is 0 Å². The molecular weight excluding hydrogens is 164 g/mol. The summed E-state index contributed by atoms with van der Waals surface area (Å²) in [7, 11) is 0. The third-order valence-electron chi connectivity index (χ3n) is 1.72. The Labute approximate surface area is 81.7 Å². The van der Waals surface area contributed by atoms with Crippen LogP contribution in [0.5, 0.6) is 0 Å². The highest BCUT2D eigenvalue weighted by atomic mass is 16.5. The predicted molar refractivity (Wildman–Crippen MR) is 54.5 cm³/mol. The van der Waals surface area contributed by atoms with Crippen LogP contribution in [-0.4, -0.2) is 12.1 Å². The molecule has 13 heavy (non-hydrogen) atoms. The van der Waals surface area contributed by atoms with Crippen LogP contribution < -0.4 is 0 Å². The van der Waals surface area contributed by atoms with E-state index in [1.54, 1.807) is 0 Å². The van der Waals surface area contributed by atoms with Crippen molar-refractivity contribution in [3.8, 4) is 0 Å². The first-order valence-corrected chi connectivity index (χ1v) is 4.94. The van der Waals surface area contributed by atoms with Crippen LogP contribution in [0.3, 0.4) is 0 Å². The molecule has 0 fully saturated rings. The Balaban J connectivity index is 3.93. The summed E-state index contributed by atoms with van der Waals surface area (Å²) in [4.78, 5) is 11.4. The molecule has 0 N–H and O–H groups in total. The lowest BCUT2D eigenvalue weighted by atomic mass is 9.97. The van der Waals surface area contributed by atoms with Crippen molar-refractivity contribution in [1.82, 2.24) is 0 Å². The summed E-state index contributed by atoms with van der Waals surface area (Å²) in [5, 5.41) is 0. The molecule has 0 saturated carbocycles. The van der Waals surface area contributed by atoms with E-state index in [1.165, 1.54) is 0 Å². The minimum atomic E-state index is -0.384. The normalized spacial score (nSPS) is 14.4. The first kappa shape index (κ1) is 12.5. The fourth-order valence-electron chi connectivity index (χ4n) is 1.07. The van der Waals surface area contributed by atoms with E-state index in [4.69, 9.17) is 4.74 Å². The van der Waals surface area contributed by atoms with E-state index >= 15 is 0 Å². The lowest BCUT2D eigenvalue weighted by Gasteiger charge is -2.21. The Bertz CT molecular complexity index is 165. The minimum absolute atomic E-state index is 0.0340. The third-order valence-corrected chi connectivity index (χ3v) is 1.72. The smallest absolute Gasteiger partial charge is 0.311 e. The molecule has 1 atom stereocenters. The summed E-state index contributed by atoms with van der Waals surface area (Å²) in [6, 6.07) is 0. The third kappa shape index (κ3) is 5.67. The van der Waals surface area contributed by atoms with Crippen molar-refractivity contribution in [3.63, 3.8) is 0 Å². The zero-order chi connectivity index (χ0) is 10.6. The van der Waals surface area contributed by atoms with E-state index in [2.05, 4.69) is 13.8 Å². The van der Waals surface area contributed by atoms with E-state index in [1.807, 2.05) is 27.7 Å². The summed E-state index contributed by atoms with van der Waals surface area (Å²) in [5.41, 5.74) is -0.384. The van der Waals surface area contributed by atoms with Crippen LogP contribution >= 0.6 is 0 Å². The molecule has 2 heteroatoms. The van der Waals surface area contributed by atoms with Crippen LogP contribution in [0, 0.1) is 11.3 Å². The van der Waals surface area contributed by atoms with Gasteiger partial charge in [0.15, 0.2) is 0 Å². The molecule has 0 aliphatic rings. The van der Waals surface area contributed by atoms with Gasteiger partial charge in [-0.3, -0.25) is 4.79 Å². The lowest BCUT2D eigenvalue weighted by molar-refractivity contribution is -0.158. The molecule has 0 heterocycles. The molecule has 0 radical (unpaired) electrons. The molecule has 0 saturated heterocycles. The number of carbonyl (C=O) groups is 1. The van der Waals surface area contributed by atoms with Crippen LogP contribution in [0.25, 0.3) is 0 Å². The van der Waals surface area contributed by atoms with Gasteiger partial charge in [0.25, 0.3) is 0 Å². The highest BCUT2D eigenvalue weighted by molar-refractivity contribution is 5.75. The molecule has 1 unspecified atom stereocenters. The Hall–Kier alpha value is -0.530. The topological polar surface area (TPSA) is 26.3 Å². The summed E-state index contributed by atoms with van der Waals surface area (Å²) >= 11 is 0. The Kier molecular flexibility index (Phi) is 4.45. The maximum Gasteiger partial charge on any atom is 0.311 e. The van der Waals surface area contributed by atoms with Gasteiger partial charge < -0.3 is 4.74 Å². The van der Waals surface area contributed by atoms with Crippen LogP contribution in [0.2, 0.25) is 0 Å². The predicted octanol–water partition coefficient (Wildman–Crippen LogP) is 3.01. The SMILES string of the molecule is CC(C)CC(C)OC(=O)C(C)(C)C. The molecule has 0 aromatic carbocycles. The number of rotatable bonds is 3. The van der Waals surface area contributed by atoms with Gasteiger partial charge in [0.2, 0.25) is 0 Å². The van der Waals surface area contributed by atoms with Gasteiger partial charge in [-0.15, -0.1) is 0 Å². The summed E-state index contributed by atoms with van der Waals surface area (Å²) < 4.78 is 5.29. The maximum absolute atomic E-state index is 11.4. The molecule has 0 aromatic rings. The molecule has 0 spiro atoms. The first-order chi connectivity index (χ1) is 5.73. The van der Waals surface area contributed by atoms with Crippen molar-refractivity contribution in [2.75, 3.05) is 0 Å². The molecule has 0 rings (SSSR count). The van der Waals surface area contributed by atoms with E-state index in [9.17, 15) is 4.79 Å². The van der Waals surface area contributed by atoms with Gasteiger partial charge in [-0.05, 0) is 40.0 Å². The second kappa shape index (κ2) is 4.64. The molecule has 0 bridgehead atoms. The van der Waals surface area contributed by atoms with E-state index < -0.39 is 0 Å². The van der Waals surface area contributed by atoms with Crippen molar-refractivity contribution < 1.29 is 9.53 Å². The minimum Gasteiger partial charge on any atom is -0.462 e. The van der Waals surface area contributed by atoms with Gasteiger partial charge >= 0.3 is 5.97 Å². The van der Waals surface area contributed by atoms with E-state index in [0.29, 0.717) is 5.92 Å². The second-order valence-corrected chi connectivity index (χ2v) is 5.10. The average molecular weight is 186 g/mol. The number of hydrogen-bond acceptors (Lipinski definition) is 2. The van der Waals surface area contributed by atoms with Gasteiger partial charge in [-0.25, -0.2) is 0 Å². The standard InChI is InChI=1S/C11H22O2/c1-8(2)7-9(3)13-10(12)11(4,5)6/h8-9H,7H2,1-6H3. The van der Waals surface area contributed by atoms with Gasteiger partial charge in [0.1, 0.15) is 0 Å². The van der Waals surface area contributed by atoms with Gasteiger partial charge in [-0.1, -0.05) is 13.8 Å². The second-order valence-electron chi connectivity index (χ2n) is 5.10. The first-order valence-electron chi connectivity index (χ1n) is 4.94. The quantitative estimate of drug-likeness (QED) is 0.633. The fraction of sp³-hybridized carbons (Fsp3) is 0.909. The Morgan fingerprint density at radius 1 is 1.23 bits per heavy atom. The fourth-order valence-corrected chi connectivity index (χ4v) is 1.07. The van der Waals surface area contributed by atoms with E-state index in [0.717, 1.165) is 6.42 Å². The number of hydrogen-bond donors (Lipinski definition) is 0. The van der Waals surface area contributed by atoms with Gasteiger partial charge in [0.05, 0.1) is 11.5 Å². The molecule has 0 aromatic heterocycles. The number of esters is 1. The lowest BCUT2D eigenvalue weighted by Crippen LogP contribution is -2.27. The van der Waals surface area contributed by atoms with Crippen LogP contribution in [0.15, 0.2) is 0 Å². The molecule has 0 amide bonds. The highest BCUT2D eigenvalue weighted by Gasteiger charge is 2.24. The summed E-state index contributed by atoms with van der Waals surface area (Å²) in [6.07, 6.45) is 0.966. The van der Waals surface area contributed by atoms with Crippen molar-refractivity contribution in [2.45, 2.75) is 54.1 Å². The highest BCUT2D eigenvalue weighted by Crippen LogP contribution is 2.18. The van der Waals surface area contributed by atoms with Crippen molar-refractivity contribution in [3.05, 3.63) is 0 Å². The molecule has 0 aliphatic carbocycles. The van der Waals surface area contributed by atoms with Crippen LogP contribution in [0.4, 0.5) is 0 Å². The number of carbonyl (C=O) groups excluding carboxylic acids is 1. The largest absolute Gasteiger partial charge is 0.462 e. The summed E-state index contributed by atoms with van der Waals surface area (Å²) in [6.45, 7) is 11.8. The zero-order valence-corrected chi connectivity index (χ0v) is 9.68. The monoisotopic (exact) mass is 186 g/mol. The average Bonchev–Trinajstić information content (AvgIpc) is 1.82. The van der Waals surface area contributed by atoms with Gasteiger partial charge in [0, 0.05) is 0 Å². The Morgan fingerprint density at radius 3 is 2.00 bits per heavy atom. The van der Waals surface area contributed by atoms with Crippen molar-refractivity contribution in [2.24, 2.45) is 11.3 Å². The molecule has 0 aliphatic heterocycles. The zero-order valence-electron chi connectivity index (χ0n) is 9.68. The molecule has 78 valence electrons. The molecular formula is C11H22O2. The van der Waals surface area contributed by atoms with E-state index in [-0.39, 0.29) is 17.5 Å². The van der Waals surface area contributed by atoms with Crippen molar-refractivity contribution >= 4 is 5.97 Å². The summed E-state index contributed by atoms with van der Waals surface area (Å²) in [5.74, 6) is 0.461. The van der Waals surface area contributed by atoms with Crippen LogP contribution in [-0.2, 0) is 9.53 Å². The van der Waals surface area contributed by atoms with Crippen LogP contribution in [0.1, 0.15) is 48.0 Å². The Morgan fingerprint density at radius 2 is 1.69 bits per heavy atom. The molecule has 2 nitrogen and oxygen atoms in total. The number of ether oxygens (including phenoxy) is 1. The van der Waals surface area contributed by atoms with Crippen molar-refractivity contribution in [1.29, 1.82) is 0 Å².